The van der Waals surface area contributed by atoms with Gasteiger partial charge in [-0.05, 0) is 25.0 Å². The van der Waals surface area contributed by atoms with Crippen LogP contribution in [-0.4, -0.2) is 26.7 Å². The van der Waals surface area contributed by atoms with Gasteiger partial charge in [-0.1, -0.05) is 0 Å². The third-order valence-corrected chi connectivity index (χ3v) is 2.61. The van der Waals surface area contributed by atoms with Gasteiger partial charge in [0.1, 0.15) is 11.5 Å². The van der Waals surface area contributed by atoms with E-state index in [1.54, 1.807) is 32.4 Å². The zero-order valence-corrected chi connectivity index (χ0v) is 11.2. The molecule has 0 saturated carbocycles. The molecule has 0 heterocycles. The van der Waals surface area contributed by atoms with E-state index in [2.05, 4.69) is 11.4 Å². The molecule has 0 bridgehead atoms. The van der Waals surface area contributed by atoms with Crippen LogP contribution < -0.4 is 14.8 Å². The Labute approximate surface area is 113 Å². The summed E-state index contributed by atoms with van der Waals surface area (Å²) in [5.41, 5.74) is 0.497. The Morgan fingerprint density at radius 2 is 1.84 bits per heavy atom. The number of nitrogens with zero attached hydrogens (tertiary/aromatic N) is 1. The molecule has 5 heteroatoms. The highest BCUT2D eigenvalue weighted by atomic mass is 16.5. The average Bonchev–Trinajstić information content (AvgIpc) is 2.46. The molecule has 0 aliphatic heterocycles. The van der Waals surface area contributed by atoms with Gasteiger partial charge >= 0.3 is 0 Å². The van der Waals surface area contributed by atoms with Crippen molar-refractivity contribution in [2.24, 2.45) is 0 Å². The van der Waals surface area contributed by atoms with Crippen molar-refractivity contribution >= 4 is 5.91 Å². The lowest BCUT2D eigenvalue weighted by atomic mass is 10.2. The number of nitriles is 1. The van der Waals surface area contributed by atoms with Gasteiger partial charge in [-0.25, -0.2) is 0 Å². The van der Waals surface area contributed by atoms with Crippen LogP contribution in [0.1, 0.15) is 29.6 Å². The number of rotatable bonds is 7. The minimum Gasteiger partial charge on any atom is -0.497 e. The summed E-state index contributed by atoms with van der Waals surface area (Å²) in [5, 5.41) is 11.2. The van der Waals surface area contributed by atoms with Gasteiger partial charge in [-0.3, -0.25) is 4.79 Å². The van der Waals surface area contributed by atoms with Crippen LogP contribution in [0.5, 0.6) is 11.5 Å². The van der Waals surface area contributed by atoms with Crippen LogP contribution in [0.2, 0.25) is 0 Å². The minimum atomic E-state index is -0.172. The van der Waals surface area contributed by atoms with Crippen molar-refractivity contribution in [1.29, 1.82) is 5.26 Å². The quantitative estimate of drug-likeness (QED) is 0.764. The van der Waals surface area contributed by atoms with E-state index in [1.165, 1.54) is 0 Å². The molecule has 19 heavy (non-hydrogen) atoms. The number of nitrogens with one attached hydrogen (secondary N) is 1. The third-order valence-electron chi connectivity index (χ3n) is 2.61. The SMILES string of the molecule is COc1cc(OC)cc(C(=O)NCCCCC#N)c1. The van der Waals surface area contributed by atoms with Crippen LogP contribution in [0.15, 0.2) is 18.2 Å². The monoisotopic (exact) mass is 262 g/mol. The van der Waals surface area contributed by atoms with Crippen LogP contribution in [-0.2, 0) is 0 Å². The largest absolute Gasteiger partial charge is 0.497 e. The topological polar surface area (TPSA) is 71.3 Å². The van der Waals surface area contributed by atoms with Gasteiger partial charge in [-0.2, -0.15) is 5.26 Å². The summed E-state index contributed by atoms with van der Waals surface area (Å²) in [6.07, 6.45) is 2.10. The Hall–Kier alpha value is -2.22. The van der Waals surface area contributed by atoms with Gasteiger partial charge in [0.25, 0.3) is 5.91 Å². The predicted octanol–water partition coefficient (Wildman–Crippen LogP) is 2.13. The second-order valence-corrected chi connectivity index (χ2v) is 3.97. The molecular formula is C14H18N2O3. The summed E-state index contributed by atoms with van der Waals surface area (Å²) < 4.78 is 10.2. The zero-order valence-electron chi connectivity index (χ0n) is 11.2. The standard InChI is InChI=1S/C14H18N2O3/c1-18-12-8-11(9-13(10-12)19-2)14(17)16-7-5-3-4-6-15/h8-10H,3-5,7H2,1-2H3,(H,16,17). The molecule has 1 amide bonds. The van der Waals surface area contributed by atoms with E-state index in [1.807, 2.05) is 0 Å². The molecule has 0 saturated heterocycles. The van der Waals surface area contributed by atoms with Crippen molar-refractivity contribution in [2.45, 2.75) is 19.3 Å². The van der Waals surface area contributed by atoms with Crippen molar-refractivity contribution < 1.29 is 14.3 Å². The first-order valence-corrected chi connectivity index (χ1v) is 6.09. The molecule has 1 rings (SSSR count). The maximum absolute atomic E-state index is 11.9. The number of methoxy groups -OCH3 is 2. The molecule has 0 spiro atoms. The van der Waals surface area contributed by atoms with Crippen LogP contribution in [0.4, 0.5) is 0 Å². The molecule has 0 aliphatic rings. The number of hydrogen-bond acceptors (Lipinski definition) is 4. The number of hydrogen-bond donors (Lipinski definition) is 1. The molecule has 0 aromatic heterocycles. The van der Waals surface area contributed by atoms with Crippen LogP contribution in [0.25, 0.3) is 0 Å². The second kappa shape index (κ2) is 7.98. The number of ether oxygens (including phenoxy) is 2. The minimum absolute atomic E-state index is 0.172. The first-order chi connectivity index (χ1) is 9.21. The molecule has 0 aliphatic carbocycles. The summed E-state index contributed by atoms with van der Waals surface area (Å²) in [5.74, 6) is 0.983. The van der Waals surface area contributed by atoms with E-state index in [9.17, 15) is 4.79 Å². The van der Waals surface area contributed by atoms with Crippen molar-refractivity contribution in [3.05, 3.63) is 23.8 Å². The van der Waals surface area contributed by atoms with Crippen LogP contribution >= 0.6 is 0 Å². The molecule has 0 atom stereocenters. The number of carbonyl (C=O) groups is 1. The van der Waals surface area contributed by atoms with Crippen molar-refractivity contribution in [1.82, 2.24) is 5.32 Å². The molecule has 102 valence electrons. The molecule has 0 radical (unpaired) electrons. The van der Waals surface area contributed by atoms with Crippen LogP contribution in [0, 0.1) is 11.3 Å². The maximum Gasteiger partial charge on any atom is 0.251 e. The van der Waals surface area contributed by atoms with Gasteiger partial charge in [0.05, 0.1) is 20.3 Å². The Morgan fingerprint density at radius 1 is 1.21 bits per heavy atom. The number of carbonyl (C=O) groups excluding carboxylic acids is 1. The van der Waals surface area contributed by atoms with Crippen molar-refractivity contribution in [2.75, 3.05) is 20.8 Å². The van der Waals surface area contributed by atoms with E-state index < -0.39 is 0 Å². The first kappa shape index (κ1) is 14.8. The maximum atomic E-state index is 11.9. The fourth-order valence-corrected chi connectivity index (χ4v) is 1.57. The number of unbranched alkanes of at least 4 members (excludes halogenated alkanes) is 2. The fraction of sp³-hybridized carbons (Fsp3) is 0.429. The molecule has 1 N–H and O–H groups in total. The predicted molar refractivity (Wildman–Crippen MR) is 71.3 cm³/mol. The molecule has 1 aromatic rings. The lowest BCUT2D eigenvalue weighted by Gasteiger charge is -2.09. The van der Waals surface area contributed by atoms with Gasteiger partial charge in [0, 0.05) is 24.6 Å². The highest BCUT2D eigenvalue weighted by Crippen LogP contribution is 2.22. The number of amides is 1. The number of benzene rings is 1. The van der Waals surface area contributed by atoms with Crippen LogP contribution in [0.3, 0.4) is 0 Å². The highest BCUT2D eigenvalue weighted by molar-refractivity contribution is 5.95. The summed E-state index contributed by atoms with van der Waals surface area (Å²) in [7, 11) is 3.08. The van der Waals surface area contributed by atoms with Gasteiger partial charge < -0.3 is 14.8 Å². The highest BCUT2D eigenvalue weighted by Gasteiger charge is 2.09. The first-order valence-electron chi connectivity index (χ1n) is 6.09. The molecule has 0 unspecified atom stereocenters. The Kier molecular flexibility index (Phi) is 6.23. The Bertz CT molecular complexity index is 444. The van der Waals surface area contributed by atoms with Gasteiger partial charge in [-0.15, -0.1) is 0 Å². The fourth-order valence-electron chi connectivity index (χ4n) is 1.57. The van der Waals surface area contributed by atoms with E-state index in [-0.39, 0.29) is 5.91 Å². The average molecular weight is 262 g/mol. The second-order valence-electron chi connectivity index (χ2n) is 3.97. The zero-order chi connectivity index (χ0) is 14.1. The molecule has 0 fully saturated rings. The Balaban J connectivity index is 2.58. The van der Waals surface area contributed by atoms with Gasteiger partial charge in [0.15, 0.2) is 0 Å². The molecule has 1 aromatic carbocycles. The summed E-state index contributed by atoms with van der Waals surface area (Å²) in [6.45, 7) is 0.556. The van der Waals surface area contributed by atoms with Crippen molar-refractivity contribution in [3.8, 4) is 17.6 Å². The summed E-state index contributed by atoms with van der Waals surface area (Å²) in [6, 6.07) is 7.10. The van der Waals surface area contributed by atoms with Crippen molar-refractivity contribution in [3.63, 3.8) is 0 Å². The van der Waals surface area contributed by atoms with E-state index in [0.717, 1.165) is 12.8 Å². The third kappa shape index (κ3) is 4.88. The van der Waals surface area contributed by atoms with E-state index in [0.29, 0.717) is 30.0 Å². The Morgan fingerprint density at radius 3 is 2.37 bits per heavy atom. The van der Waals surface area contributed by atoms with E-state index in [4.69, 9.17) is 14.7 Å². The lowest BCUT2D eigenvalue weighted by molar-refractivity contribution is 0.0952. The summed E-state index contributed by atoms with van der Waals surface area (Å²) in [4.78, 5) is 11.9. The van der Waals surface area contributed by atoms with E-state index >= 15 is 0 Å². The normalized spacial score (nSPS) is 9.53. The smallest absolute Gasteiger partial charge is 0.251 e. The lowest BCUT2D eigenvalue weighted by Crippen LogP contribution is -2.24. The molecule has 5 nitrogen and oxygen atoms in total. The summed E-state index contributed by atoms with van der Waals surface area (Å²) >= 11 is 0. The van der Waals surface area contributed by atoms with Gasteiger partial charge in [0.2, 0.25) is 0 Å². The molecular weight excluding hydrogens is 244 g/mol.